The highest BCUT2D eigenvalue weighted by molar-refractivity contribution is 6.39. The molecule has 0 radical (unpaired) electrons. The maximum Gasteiger partial charge on any atom is 0.313 e. The van der Waals surface area contributed by atoms with E-state index in [1.807, 2.05) is 38.1 Å². The van der Waals surface area contributed by atoms with Gasteiger partial charge in [0.25, 0.3) is 0 Å². The van der Waals surface area contributed by atoms with Gasteiger partial charge >= 0.3 is 11.8 Å². The molecule has 2 fully saturated rings. The van der Waals surface area contributed by atoms with Crippen molar-refractivity contribution in [1.82, 2.24) is 5.32 Å². The van der Waals surface area contributed by atoms with Crippen LogP contribution in [0.4, 0.5) is 5.69 Å². The van der Waals surface area contributed by atoms with E-state index in [0.29, 0.717) is 5.92 Å². The van der Waals surface area contributed by atoms with Crippen LogP contribution in [0.1, 0.15) is 45.1 Å². The molecular formula is C19H26N2O2. The van der Waals surface area contributed by atoms with Gasteiger partial charge < -0.3 is 10.6 Å². The number of benzene rings is 1. The van der Waals surface area contributed by atoms with Crippen LogP contribution >= 0.6 is 0 Å². The summed E-state index contributed by atoms with van der Waals surface area (Å²) in [6, 6.07) is 7.68. The smallest absolute Gasteiger partial charge is 0.313 e. The monoisotopic (exact) mass is 314 g/mol. The van der Waals surface area contributed by atoms with Crippen LogP contribution in [0.5, 0.6) is 0 Å². The largest absolute Gasteiger partial charge is 0.345 e. The SMILES string of the molecule is CCc1ccccc1NC(=O)C(=O)NC(C)C1CC2CCC1C2. The fourth-order valence-corrected chi connectivity index (χ4v) is 4.42. The van der Waals surface area contributed by atoms with Crippen LogP contribution in [0, 0.1) is 17.8 Å². The van der Waals surface area contributed by atoms with Gasteiger partial charge in [0.15, 0.2) is 0 Å². The molecule has 2 aliphatic rings. The van der Waals surface area contributed by atoms with Crippen molar-refractivity contribution in [3.05, 3.63) is 29.8 Å². The highest BCUT2D eigenvalue weighted by Gasteiger charge is 2.42. The number of aryl methyl sites for hydroxylation is 1. The van der Waals surface area contributed by atoms with Gasteiger partial charge in [-0.15, -0.1) is 0 Å². The van der Waals surface area contributed by atoms with Gasteiger partial charge in [-0.1, -0.05) is 31.5 Å². The summed E-state index contributed by atoms with van der Waals surface area (Å²) in [6.07, 6.45) is 5.95. The van der Waals surface area contributed by atoms with E-state index < -0.39 is 11.8 Å². The van der Waals surface area contributed by atoms with E-state index in [4.69, 9.17) is 0 Å². The van der Waals surface area contributed by atoms with E-state index in [1.54, 1.807) is 0 Å². The summed E-state index contributed by atoms with van der Waals surface area (Å²) in [5, 5.41) is 5.65. The van der Waals surface area contributed by atoms with Crippen LogP contribution in [-0.2, 0) is 16.0 Å². The van der Waals surface area contributed by atoms with E-state index >= 15 is 0 Å². The maximum atomic E-state index is 12.2. The number of fused-ring (bicyclic) bond motifs is 2. The Morgan fingerprint density at radius 3 is 2.61 bits per heavy atom. The number of hydrogen-bond acceptors (Lipinski definition) is 2. The molecule has 4 heteroatoms. The van der Waals surface area contributed by atoms with E-state index in [0.717, 1.165) is 29.5 Å². The summed E-state index contributed by atoms with van der Waals surface area (Å²) >= 11 is 0. The van der Waals surface area contributed by atoms with Crippen LogP contribution < -0.4 is 10.6 Å². The molecule has 2 aliphatic carbocycles. The fraction of sp³-hybridized carbons (Fsp3) is 0.579. The molecule has 4 atom stereocenters. The van der Waals surface area contributed by atoms with E-state index in [1.165, 1.54) is 25.7 Å². The molecule has 4 nitrogen and oxygen atoms in total. The molecule has 2 saturated carbocycles. The van der Waals surface area contributed by atoms with Crippen molar-refractivity contribution >= 4 is 17.5 Å². The zero-order valence-corrected chi connectivity index (χ0v) is 14.0. The summed E-state index contributed by atoms with van der Waals surface area (Å²) in [4.78, 5) is 24.4. The van der Waals surface area contributed by atoms with Gasteiger partial charge in [-0.3, -0.25) is 9.59 Å². The highest BCUT2D eigenvalue weighted by Crippen LogP contribution is 2.49. The molecule has 0 aromatic heterocycles. The summed E-state index contributed by atoms with van der Waals surface area (Å²) in [7, 11) is 0. The zero-order valence-electron chi connectivity index (χ0n) is 14.0. The lowest BCUT2D eigenvalue weighted by atomic mass is 9.84. The second-order valence-corrected chi connectivity index (χ2v) is 7.07. The van der Waals surface area contributed by atoms with Gasteiger partial charge in [-0.25, -0.2) is 0 Å². The average molecular weight is 314 g/mol. The lowest BCUT2D eigenvalue weighted by Crippen LogP contribution is -2.45. The Morgan fingerprint density at radius 1 is 1.17 bits per heavy atom. The van der Waals surface area contributed by atoms with E-state index in [-0.39, 0.29) is 6.04 Å². The number of rotatable bonds is 4. The van der Waals surface area contributed by atoms with Crippen LogP contribution in [-0.4, -0.2) is 17.9 Å². The lowest BCUT2D eigenvalue weighted by molar-refractivity contribution is -0.136. The average Bonchev–Trinajstić information content (AvgIpc) is 3.18. The molecule has 0 heterocycles. The minimum Gasteiger partial charge on any atom is -0.345 e. The van der Waals surface area contributed by atoms with Gasteiger partial charge in [0.1, 0.15) is 0 Å². The molecule has 2 N–H and O–H groups in total. The van der Waals surface area contributed by atoms with Crippen molar-refractivity contribution in [3.8, 4) is 0 Å². The molecular weight excluding hydrogens is 288 g/mol. The van der Waals surface area contributed by atoms with Crippen molar-refractivity contribution in [2.24, 2.45) is 17.8 Å². The normalized spacial score (nSPS) is 26.8. The predicted molar refractivity (Wildman–Crippen MR) is 91.0 cm³/mol. The number of nitrogens with one attached hydrogen (secondary N) is 2. The third-order valence-corrected chi connectivity index (χ3v) is 5.65. The first kappa shape index (κ1) is 16.0. The lowest BCUT2D eigenvalue weighted by Gasteiger charge is -2.28. The summed E-state index contributed by atoms with van der Waals surface area (Å²) in [5.74, 6) is 1.02. The Labute approximate surface area is 138 Å². The Bertz CT molecular complexity index is 599. The third-order valence-electron chi connectivity index (χ3n) is 5.65. The molecule has 2 amide bonds. The number of para-hydroxylation sites is 1. The molecule has 23 heavy (non-hydrogen) atoms. The first-order valence-electron chi connectivity index (χ1n) is 8.78. The molecule has 0 saturated heterocycles. The molecule has 0 spiro atoms. The fourth-order valence-electron chi connectivity index (χ4n) is 4.42. The topological polar surface area (TPSA) is 58.2 Å². The van der Waals surface area contributed by atoms with Crippen LogP contribution in [0.3, 0.4) is 0 Å². The van der Waals surface area contributed by atoms with Crippen molar-refractivity contribution in [2.75, 3.05) is 5.32 Å². The maximum absolute atomic E-state index is 12.2. The third kappa shape index (κ3) is 3.41. The van der Waals surface area contributed by atoms with Crippen LogP contribution in [0.2, 0.25) is 0 Å². The first-order chi connectivity index (χ1) is 11.1. The highest BCUT2D eigenvalue weighted by atomic mass is 16.2. The Morgan fingerprint density at radius 2 is 1.96 bits per heavy atom. The predicted octanol–water partition coefficient (Wildman–Crippen LogP) is 3.13. The number of amides is 2. The second-order valence-electron chi connectivity index (χ2n) is 7.07. The van der Waals surface area contributed by atoms with Gasteiger partial charge in [-0.05, 0) is 62.0 Å². The quantitative estimate of drug-likeness (QED) is 0.839. The Kier molecular flexibility index (Phi) is 4.69. The standard InChI is InChI=1S/C19H26N2O2/c1-3-14-6-4-5-7-17(14)21-19(23)18(22)20-12(2)16-11-13-8-9-15(16)10-13/h4-7,12-13,15-16H,3,8-11H2,1-2H3,(H,20,22)(H,21,23). The Hall–Kier alpha value is -1.84. The molecule has 3 rings (SSSR count). The summed E-state index contributed by atoms with van der Waals surface area (Å²) in [6.45, 7) is 4.07. The molecule has 124 valence electrons. The molecule has 1 aromatic rings. The number of carbonyl (C=O) groups excluding carboxylic acids is 2. The summed E-state index contributed by atoms with van der Waals surface area (Å²) in [5.41, 5.74) is 1.76. The zero-order chi connectivity index (χ0) is 16.4. The Balaban J connectivity index is 1.56. The van der Waals surface area contributed by atoms with Crippen molar-refractivity contribution in [2.45, 2.75) is 52.0 Å². The molecule has 4 unspecified atom stereocenters. The van der Waals surface area contributed by atoms with Gasteiger partial charge in [0.05, 0.1) is 0 Å². The van der Waals surface area contributed by atoms with E-state index in [9.17, 15) is 9.59 Å². The number of anilines is 1. The molecule has 2 bridgehead atoms. The first-order valence-corrected chi connectivity index (χ1v) is 8.78. The minimum absolute atomic E-state index is 0.0740. The van der Waals surface area contributed by atoms with Gasteiger partial charge in [-0.2, -0.15) is 0 Å². The van der Waals surface area contributed by atoms with Crippen LogP contribution in [0.15, 0.2) is 24.3 Å². The molecule has 0 aliphatic heterocycles. The molecule has 1 aromatic carbocycles. The van der Waals surface area contributed by atoms with Gasteiger partial charge in [0, 0.05) is 11.7 Å². The van der Waals surface area contributed by atoms with E-state index in [2.05, 4.69) is 10.6 Å². The van der Waals surface area contributed by atoms with Crippen molar-refractivity contribution in [3.63, 3.8) is 0 Å². The number of hydrogen-bond donors (Lipinski definition) is 2. The van der Waals surface area contributed by atoms with Crippen LogP contribution in [0.25, 0.3) is 0 Å². The minimum atomic E-state index is -0.569. The number of carbonyl (C=O) groups is 2. The van der Waals surface area contributed by atoms with Crippen molar-refractivity contribution in [1.29, 1.82) is 0 Å². The second kappa shape index (κ2) is 6.73. The summed E-state index contributed by atoms with van der Waals surface area (Å²) < 4.78 is 0. The van der Waals surface area contributed by atoms with Crippen molar-refractivity contribution < 1.29 is 9.59 Å². The van der Waals surface area contributed by atoms with Gasteiger partial charge in [0.2, 0.25) is 0 Å².